The molecule has 1 aliphatic heterocycles. The zero-order chi connectivity index (χ0) is 24.5. The van der Waals surface area contributed by atoms with Crippen LogP contribution in [0.4, 0.5) is 0 Å². The average molecular weight is 478 g/mol. The van der Waals surface area contributed by atoms with Crippen LogP contribution in [0.2, 0.25) is 0 Å². The molecular weight excluding hydrogens is 450 g/mol. The Morgan fingerprint density at radius 3 is 2.11 bits per heavy atom. The minimum atomic E-state index is -0.560. The maximum absolute atomic E-state index is 12.5. The maximum atomic E-state index is 12.5. The van der Waals surface area contributed by atoms with E-state index >= 15 is 0 Å². The summed E-state index contributed by atoms with van der Waals surface area (Å²) in [6.07, 6.45) is 1.00. The SMILES string of the molecule is O=C(NNC(=O)C1CCN(C(=O)COc2ccccc2)CC1)c1ccc(COc2ccccc2)o1. The summed E-state index contributed by atoms with van der Waals surface area (Å²) in [6.45, 7) is 1.04. The second-order valence-electron chi connectivity index (χ2n) is 8.07. The summed E-state index contributed by atoms with van der Waals surface area (Å²) >= 11 is 0. The van der Waals surface area contributed by atoms with Gasteiger partial charge in [-0.15, -0.1) is 0 Å². The number of nitrogens with zero attached hydrogens (tertiary/aromatic N) is 1. The highest BCUT2D eigenvalue weighted by Crippen LogP contribution is 2.18. The second kappa shape index (κ2) is 11.7. The molecular formula is C26H27N3O6. The molecule has 35 heavy (non-hydrogen) atoms. The topological polar surface area (TPSA) is 110 Å². The van der Waals surface area contributed by atoms with Crippen molar-refractivity contribution in [3.63, 3.8) is 0 Å². The Kier molecular flexibility index (Phi) is 8.00. The highest BCUT2D eigenvalue weighted by Gasteiger charge is 2.28. The number of likely N-dealkylation sites (tertiary alicyclic amines) is 1. The lowest BCUT2D eigenvalue weighted by molar-refractivity contribution is -0.137. The van der Waals surface area contributed by atoms with Crippen molar-refractivity contribution in [1.29, 1.82) is 0 Å². The Morgan fingerprint density at radius 1 is 0.829 bits per heavy atom. The minimum absolute atomic E-state index is 0.0432. The van der Waals surface area contributed by atoms with Gasteiger partial charge in [0.2, 0.25) is 5.91 Å². The number of carbonyl (C=O) groups excluding carboxylic acids is 3. The van der Waals surface area contributed by atoms with Crippen LogP contribution >= 0.6 is 0 Å². The number of furan rings is 1. The number of hydrogen-bond donors (Lipinski definition) is 2. The molecule has 182 valence electrons. The molecule has 9 heteroatoms. The number of para-hydroxylation sites is 2. The minimum Gasteiger partial charge on any atom is -0.486 e. The third kappa shape index (κ3) is 6.86. The molecule has 0 saturated carbocycles. The van der Waals surface area contributed by atoms with Gasteiger partial charge in [-0.1, -0.05) is 36.4 Å². The molecule has 0 bridgehead atoms. The number of piperidine rings is 1. The second-order valence-corrected chi connectivity index (χ2v) is 8.07. The van der Waals surface area contributed by atoms with E-state index in [9.17, 15) is 14.4 Å². The van der Waals surface area contributed by atoms with Crippen molar-refractivity contribution in [3.8, 4) is 11.5 Å². The van der Waals surface area contributed by atoms with Gasteiger partial charge in [0.1, 0.15) is 23.9 Å². The fourth-order valence-corrected chi connectivity index (χ4v) is 3.67. The van der Waals surface area contributed by atoms with Crippen molar-refractivity contribution in [1.82, 2.24) is 15.8 Å². The largest absolute Gasteiger partial charge is 0.486 e. The van der Waals surface area contributed by atoms with Crippen LogP contribution in [0.15, 0.2) is 77.2 Å². The number of carbonyl (C=O) groups is 3. The monoisotopic (exact) mass is 477 g/mol. The zero-order valence-corrected chi connectivity index (χ0v) is 19.1. The molecule has 1 aliphatic rings. The van der Waals surface area contributed by atoms with Gasteiger partial charge in [-0.25, -0.2) is 0 Å². The lowest BCUT2D eigenvalue weighted by atomic mass is 9.96. The van der Waals surface area contributed by atoms with Gasteiger partial charge in [-0.2, -0.15) is 0 Å². The summed E-state index contributed by atoms with van der Waals surface area (Å²) < 4.78 is 16.6. The molecule has 0 aliphatic carbocycles. The summed E-state index contributed by atoms with van der Waals surface area (Å²) in [5.74, 6) is 0.596. The molecule has 9 nitrogen and oxygen atoms in total. The van der Waals surface area contributed by atoms with E-state index < -0.39 is 5.91 Å². The van der Waals surface area contributed by atoms with Gasteiger partial charge in [-0.05, 0) is 49.2 Å². The van der Waals surface area contributed by atoms with Crippen molar-refractivity contribution in [2.24, 2.45) is 5.92 Å². The molecule has 4 rings (SSSR count). The normalized spacial score (nSPS) is 13.7. The summed E-state index contributed by atoms with van der Waals surface area (Å²) in [6, 6.07) is 21.6. The molecule has 2 heterocycles. The van der Waals surface area contributed by atoms with Crippen LogP contribution in [0.5, 0.6) is 11.5 Å². The molecule has 2 N–H and O–H groups in total. The lowest BCUT2D eigenvalue weighted by Gasteiger charge is -2.31. The number of amides is 3. The van der Waals surface area contributed by atoms with Crippen molar-refractivity contribution in [2.75, 3.05) is 19.7 Å². The summed E-state index contributed by atoms with van der Waals surface area (Å²) in [5.41, 5.74) is 4.83. The van der Waals surface area contributed by atoms with Crippen molar-refractivity contribution in [3.05, 3.63) is 84.3 Å². The molecule has 0 spiro atoms. The van der Waals surface area contributed by atoms with E-state index in [2.05, 4.69) is 10.9 Å². The number of hydrazine groups is 1. The molecule has 0 radical (unpaired) electrons. The lowest BCUT2D eigenvalue weighted by Crippen LogP contribution is -2.48. The molecule has 1 fully saturated rings. The quantitative estimate of drug-likeness (QED) is 0.483. The van der Waals surface area contributed by atoms with Crippen LogP contribution in [0.25, 0.3) is 0 Å². The highest BCUT2D eigenvalue weighted by molar-refractivity contribution is 5.93. The first-order valence-corrected chi connectivity index (χ1v) is 11.4. The van der Waals surface area contributed by atoms with Gasteiger partial charge >= 0.3 is 5.91 Å². The van der Waals surface area contributed by atoms with Gasteiger partial charge in [0.05, 0.1) is 0 Å². The van der Waals surface area contributed by atoms with Gasteiger partial charge in [0, 0.05) is 19.0 Å². The molecule has 3 aromatic rings. The van der Waals surface area contributed by atoms with Gasteiger partial charge in [-0.3, -0.25) is 25.2 Å². The fourth-order valence-electron chi connectivity index (χ4n) is 3.67. The van der Waals surface area contributed by atoms with Crippen LogP contribution in [-0.2, 0) is 16.2 Å². The predicted molar refractivity (Wildman–Crippen MR) is 126 cm³/mol. The molecule has 3 amide bonds. The van der Waals surface area contributed by atoms with E-state index in [0.29, 0.717) is 43.2 Å². The van der Waals surface area contributed by atoms with E-state index in [1.807, 2.05) is 48.5 Å². The van der Waals surface area contributed by atoms with Crippen LogP contribution in [0.3, 0.4) is 0 Å². The third-order valence-corrected chi connectivity index (χ3v) is 5.63. The predicted octanol–water partition coefficient (Wildman–Crippen LogP) is 2.94. The third-order valence-electron chi connectivity index (χ3n) is 5.63. The van der Waals surface area contributed by atoms with E-state index in [-0.39, 0.29) is 36.7 Å². The van der Waals surface area contributed by atoms with Crippen molar-refractivity contribution in [2.45, 2.75) is 19.4 Å². The Morgan fingerprint density at radius 2 is 1.46 bits per heavy atom. The number of benzene rings is 2. The fraction of sp³-hybridized carbons (Fsp3) is 0.269. The van der Waals surface area contributed by atoms with Crippen molar-refractivity contribution >= 4 is 17.7 Å². The summed E-state index contributed by atoms with van der Waals surface area (Å²) in [5, 5.41) is 0. The Hall–Kier alpha value is -4.27. The van der Waals surface area contributed by atoms with Crippen molar-refractivity contribution < 1.29 is 28.3 Å². The smallest absolute Gasteiger partial charge is 0.305 e. The first-order chi connectivity index (χ1) is 17.1. The number of ether oxygens (including phenoxy) is 2. The summed E-state index contributed by atoms with van der Waals surface area (Å²) in [7, 11) is 0. The number of nitrogens with one attached hydrogen (secondary N) is 2. The Bertz CT molecular complexity index is 1120. The van der Waals surface area contributed by atoms with E-state index in [1.165, 1.54) is 6.07 Å². The van der Waals surface area contributed by atoms with Gasteiger partial charge in [0.15, 0.2) is 12.4 Å². The average Bonchev–Trinajstić information content (AvgIpc) is 3.39. The standard InChI is InChI=1S/C26H27N3O6/c30-24(18-34-21-9-5-2-6-10-21)29-15-13-19(14-16-29)25(31)27-28-26(32)23-12-11-22(35-23)17-33-20-7-3-1-4-8-20/h1-12,19H,13-18H2,(H,27,31)(H,28,32). The zero-order valence-electron chi connectivity index (χ0n) is 19.1. The van der Waals surface area contributed by atoms with Crippen LogP contribution < -0.4 is 20.3 Å². The Balaban J connectivity index is 1.16. The number of rotatable bonds is 8. The summed E-state index contributed by atoms with van der Waals surface area (Å²) in [4.78, 5) is 38.9. The van der Waals surface area contributed by atoms with Crippen LogP contribution in [0, 0.1) is 5.92 Å². The van der Waals surface area contributed by atoms with E-state index in [4.69, 9.17) is 13.9 Å². The highest BCUT2D eigenvalue weighted by atomic mass is 16.5. The van der Waals surface area contributed by atoms with Crippen LogP contribution in [-0.4, -0.2) is 42.3 Å². The first-order valence-electron chi connectivity index (χ1n) is 11.4. The maximum Gasteiger partial charge on any atom is 0.305 e. The van der Waals surface area contributed by atoms with Crippen LogP contribution in [0.1, 0.15) is 29.2 Å². The van der Waals surface area contributed by atoms with E-state index in [1.54, 1.807) is 23.1 Å². The molecule has 2 aromatic carbocycles. The molecule has 0 unspecified atom stereocenters. The first kappa shape index (κ1) is 23.9. The molecule has 0 atom stereocenters. The molecule has 1 saturated heterocycles. The van der Waals surface area contributed by atoms with E-state index in [0.717, 1.165) is 0 Å². The van der Waals surface area contributed by atoms with Gasteiger partial charge < -0.3 is 18.8 Å². The van der Waals surface area contributed by atoms with Gasteiger partial charge in [0.25, 0.3) is 5.91 Å². The molecule has 1 aromatic heterocycles. The Labute approximate surface area is 203 Å². The number of hydrogen-bond acceptors (Lipinski definition) is 6.